The molecule has 0 bridgehead atoms. The summed E-state index contributed by atoms with van der Waals surface area (Å²) in [5, 5.41) is 2.70. The molecule has 9 nitrogen and oxygen atoms in total. The van der Waals surface area contributed by atoms with Crippen LogP contribution < -0.4 is 29.0 Å². The van der Waals surface area contributed by atoms with Gasteiger partial charge in [-0.25, -0.2) is 4.79 Å². The predicted molar refractivity (Wildman–Crippen MR) is 131 cm³/mol. The number of amides is 1. The van der Waals surface area contributed by atoms with E-state index in [9.17, 15) is 9.59 Å². The highest BCUT2D eigenvalue weighted by atomic mass is 16.6. The smallest absolute Gasteiger partial charge is 0.412 e. The zero-order valence-corrected chi connectivity index (χ0v) is 20.8. The molecule has 1 aliphatic rings. The molecule has 2 radical (unpaired) electrons. The molecule has 1 atom stereocenters. The summed E-state index contributed by atoms with van der Waals surface area (Å²) in [5.41, 5.74) is 1.17. The van der Waals surface area contributed by atoms with E-state index in [1.54, 1.807) is 45.0 Å². The van der Waals surface area contributed by atoms with Gasteiger partial charge in [-0.1, -0.05) is 6.07 Å². The standard InChI is InChI=1S/C25H28BNO8/c1-25(2,3)35-24(29)27-16-10-13(8-9-18(16)30-4)14-11-17(28)23(26)34-20-15(14)12-19(31-5)21(32-6)22(20)33-7/h8-12,23H,1-7H3,(H,27,29). The van der Waals surface area contributed by atoms with Gasteiger partial charge >= 0.3 is 6.09 Å². The predicted octanol–water partition coefficient (Wildman–Crippen LogP) is 3.96. The molecule has 0 aliphatic carbocycles. The number of ether oxygens (including phenoxy) is 6. The molecule has 1 amide bonds. The van der Waals surface area contributed by atoms with Gasteiger partial charge in [-0.2, -0.15) is 0 Å². The number of ketones is 1. The molecule has 1 unspecified atom stereocenters. The van der Waals surface area contributed by atoms with Crippen molar-refractivity contribution in [2.45, 2.75) is 32.4 Å². The summed E-state index contributed by atoms with van der Waals surface area (Å²) in [4.78, 5) is 25.2. The van der Waals surface area contributed by atoms with Crippen LogP contribution in [0.25, 0.3) is 5.57 Å². The van der Waals surface area contributed by atoms with E-state index in [1.165, 1.54) is 34.5 Å². The van der Waals surface area contributed by atoms with Gasteiger partial charge in [0, 0.05) is 5.56 Å². The van der Waals surface area contributed by atoms with Crippen molar-refractivity contribution in [3.05, 3.63) is 41.5 Å². The number of rotatable bonds is 6. The third-order valence-corrected chi connectivity index (χ3v) is 5.03. The van der Waals surface area contributed by atoms with Crippen LogP contribution in [0, 0.1) is 0 Å². The van der Waals surface area contributed by atoms with E-state index in [4.69, 9.17) is 36.3 Å². The van der Waals surface area contributed by atoms with Gasteiger partial charge in [0.2, 0.25) is 11.5 Å². The van der Waals surface area contributed by atoms with Crippen LogP contribution in [-0.2, 0) is 9.53 Å². The number of methoxy groups -OCH3 is 4. The molecule has 2 aromatic rings. The summed E-state index contributed by atoms with van der Waals surface area (Å²) >= 11 is 0. The Morgan fingerprint density at radius 3 is 2.20 bits per heavy atom. The lowest BCUT2D eigenvalue weighted by molar-refractivity contribution is -0.117. The van der Waals surface area contributed by atoms with Crippen LogP contribution in [0.2, 0.25) is 0 Å². The van der Waals surface area contributed by atoms with Crippen LogP contribution in [0.5, 0.6) is 28.7 Å². The van der Waals surface area contributed by atoms with E-state index in [0.717, 1.165) is 0 Å². The SMILES string of the molecule is [B]C1Oc2c(cc(OC)c(OC)c2OC)C(c2ccc(OC)c(NC(=O)OC(C)(C)C)c2)=CC1=O. The van der Waals surface area contributed by atoms with Crippen molar-refractivity contribution in [2.24, 2.45) is 0 Å². The topological polar surface area (TPSA) is 102 Å². The normalized spacial score (nSPS) is 15.1. The molecule has 0 fully saturated rings. The minimum atomic E-state index is -1.27. The Bertz CT molecular complexity index is 1170. The molecule has 1 N–H and O–H groups in total. The summed E-state index contributed by atoms with van der Waals surface area (Å²) in [6.07, 6.45) is 0.721. The number of hydrogen-bond donors (Lipinski definition) is 1. The molecular formula is C25H28BNO8. The van der Waals surface area contributed by atoms with E-state index < -0.39 is 23.5 Å². The fraction of sp³-hybridized carbons (Fsp3) is 0.360. The van der Waals surface area contributed by atoms with Crippen molar-refractivity contribution in [3.63, 3.8) is 0 Å². The van der Waals surface area contributed by atoms with Gasteiger partial charge in [0.15, 0.2) is 17.3 Å². The number of fused-ring (bicyclic) bond motifs is 1. The zero-order chi connectivity index (χ0) is 25.9. The maximum absolute atomic E-state index is 12.8. The van der Waals surface area contributed by atoms with Gasteiger partial charge in [0.25, 0.3) is 0 Å². The molecule has 0 spiro atoms. The van der Waals surface area contributed by atoms with E-state index in [2.05, 4.69) is 5.32 Å². The second kappa shape index (κ2) is 10.2. The Morgan fingerprint density at radius 1 is 0.971 bits per heavy atom. The van der Waals surface area contributed by atoms with Crippen molar-refractivity contribution in [1.29, 1.82) is 0 Å². The first-order valence-electron chi connectivity index (χ1n) is 10.7. The van der Waals surface area contributed by atoms with E-state index in [0.29, 0.717) is 33.9 Å². The maximum Gasteiger partial charge on any atom is 0.412 e. The van der Waals surface area contributed by atoms with E-state index >= 15 is 0 Å². The highest BCUT2D eigenvalue weighted by Gasteiger charge is 2.30. The number of carbonyl (C=O) groups excluding carboxylic acids is 2. The summed E-state index contributed by atoms with van der Waals surface area (Å²) in [7, 11) is 11.9. The Kier molecular flexibility index (Phi) is 7.53. The average molecular weight is 481 g/mol. The number of hydrogen-bond acceptors (Lipinski definition) is 8. The molecular weight excluding hydrogens is 453 g/mol. The van der Waals surface area contributed by atoms with Crippen molar-refractivity contribution < 1.29 is 38.0 Å². The summed E-state index contributed by atoms with van der Waals surface area (Å²) in [6.45, 7) is 5.28. The maximum atomic E-state index is 12.8. The largest absolute Gasteiger partial charge is 0.495 e. The first-order valence-corrected chi connectivity index (χ1v) is 10.7. The second-order valence-electron chi connectivity index (χ2n) is 8.56. The van der Waals surface area contributed by atoms with Crippen LogP contribution in [-0.4, -0.2) is 59.8 Å². The van der Waals surface area contributed by atoms with Gasteiger partial charge in [0.1, 0.15) is 25.2 Å². The van der Waals surface area contributed by atoms with Crippen molar-refractivity contribution >= 4 is 31.0 Å². The highest BCUT2D eigenvalue weighted by molar-refractivity contribution is 6.27. The Labute approximate surface area is 205 Å². The Hall–Kier alpha value is -3.82. The van der Waals surface area contributed by atoms with E-state index in [1.807, 2.05) is 0 Å². The number of carbonyl (C=O) groups is 2. The molecule has 0 saturated carbocycles. The summed E-state index contributed by atoms with van der Waals surface area (Å²) in [6, 6.07) is 5.46. The zero-order valence-electron chi connectivity index (χ0n) is 20.8. The van der Waals surface area contributed by atoms with Crippen LogP contribution in [0.1, 0.15) is 31.9 Å². The quantitative estimate of drug-likeness (QED) is 0.619. The first-order chi connectivity index (χ1) is 16.5. The monoisotopic (exact) mass is 481 g/mol. The lowest BCUT2D eigenvalue weighted by Crippen LogP contribution is -2.27. The van der Waals surface area contributed by atoms with Crippen molar-refractivity contribution in [1.82, 2.24) is 0 Å². The average Bonchev–Trinajstić information content (AvgIpc) is 2.92. The molecule has 0 aromatic heterocycles. The molecule has 10 heteroatoms. The third kappa shape index (κ3) is 5.47. The minimum absolute atomic E-state index is 0.215. The van der Waals surface area contributed by atoms with Crippen molar-refractivity contribution in [3.8, 4) is 28.7 Å². The van der Waals surface area contributed by atoms with Gasteiger partial charge in [-0.3, -0.25) is 10.1 Å². The fourth-order valence-corrected chi connectivity index (χ4v) is 3.56. The molecule has 3 rings (SSSR count). The van der Waals surface area contributed by atoms with E-state index in [-0.39, 0.29) is 17.2 Å². The molecule has 1 aliphatic heterocycles. The molecule has 184 valence electrons. The number of anilines is 1. The third-order valence-electron chi connectivity index (χ3n) is 5.03. The molecule has 2 aromatic carbocycles. The summed E-state index contributed by atoms with van der Waals surface area (Å²) < 4.78 is 33.0. The van der Waals surface area contributed by atoms with Crippen LogP contribution in [0.15, 0.2) is 30.3 Å². The lowest BCUT2D eigenvalue weighted by atomic mass is 9.92. The highest BCUT2D eigenvalue weighted by Crippen LogP contribution is 2.51. The number of benzene rings is 2. The molecule has 1 heterocycles. The van der Waals surface area contributed by atoms with Gasteiger partial charge in [-0.05, 0) is 56.2 Å². The number of nitrogens with one attached hydrogen (secondary N) is 1. The lowest BCUT2D eigenvalue weighted by Gasteiger charge is -2.22. The van der Waals surface area contributed by atoms with Crippen LogP contribution in [0.4, 0.5) is 10.5 Å². The molecule has 0 saturated heterocycles. The Morgan fingerprint density at radius 2 is 1.63 bits per heavy atom. The molecule has 35 heavy (non-hydrogen) atoms. The van der Waals surface area contributed by atoms with Crippen molar-refractivity contribution in [2.75, 3.05) is 33.8 Å². The fourth-order valence-electron chi connectivity index (χ4n) is 3.56. The van der Waals surface area contributed by atoms with Gasteiger partial charge in [-0.15, -0.1) is 0 Å². The summed E-state index contributed by atoms with van der Waals surface area (Å²) in [5.74, 6) is 1.02. The van der Waals surface area contributed by atoms with Crippen LogP contribution in [0.3, 0.4) is 0 Å². The van der Waals surface area contributed by atoms with Gasteiger partial charge < -0.3 is 28.4 Å². The minimum Gasteiger partial charge on any atom is -0.495 e. The second-order valence-corrected chi connectivity index (χ2v) is 8.56. The van der Waals surface area contributed by atoms with Gasteiger partial charge in [0.05, 0.1) is 34.1 Å². The first kappa shape index (κ1) is 25.8. The Balaban J connectivity index is 2.20. The van der Waals surface area contributed by atoms with Crippen LogP contribution >= 0.6 is 0 Å².